The molecule has 4 rings (SSSR count). The molecule has 0 spiro atoms. The van der Waals surface area contributed by atoms with Crippen molar-refractivity contribution in [3.05, 3.63) is 52.5 Å². The minimum absolute atomic E-state index is 0.0380. The predicted octanol–water partition coefficient (Wildman–Crippen LogP) is 2.72. The van der Waals surface area contributed by atoms with E-state index < -0.39 is 15.9 Å². The largest absolute Gasteiger partial charge is 0.497 e. The number of halogens is 1. The van der Waals surface area contributed by atoms with Gasteiger partial charge >= 0.3 is 0 Å². The van der Waals surface area contributed by atoms with Crippen molar-refractivity contribution in [3.63, 3.8) is 0 Å². The summed E-state index contributed by atoms with van der Waals surface area (Å²) < 4.78 is 35.9. The van der Waals surface area contributed by atoms with Gasteiger partial charge in [0.15, 0.2) is 9.84 Å². The molecule has 0 unspecified atom stereocenters. The molecule has 1 amide bonds. The van der Waals surface area contributed by atoms with Crippen molar-refractivity contribution < 1.29 is 22.7 Å². The lowest BCUT2D eigenvalue weighted by Crippen LogP contribution is -2.62. The van der Waals surface area contributed by atoms with Gasteiger partial charge in [-0.3, -0.25) is 9.69 Å². The number of piperazine rings is 1. The number of nitrogens with zero attached hydrogens (tertiary/aromatic N) is 2. The molecule has 2 fully saturated rings. The van der Waals surface area contributed by atoms with Crippen LogP contribution in [0, 0.1) is 6.92 Å². The maximum absolute atomic E-state index is 13.2. The normalized spacial score (nSPS) is 22.6. The molecule has 7 nitrogen and oxygen atoms in total. The molecule has 9 heteroatoms. The molecule has 32 heavy (non-hydrogen) atoms. The molecule has 0 radical (unpaired) electrons. The Balaban J connectivity index is 1.60. The van der Waals surface area contributed by atoms with Crippen LogP contribution in [-0.4, -0.2) is 70.1 Å². The van der Waals surface area contributed by atoms with E-state index in [4.69, 9.17) is 21.1 Å². The summed E-state index contributed by atoms with van der Waals surface area (Å²) in [6.07, 6.45) is 0.604. The van der Waals surface area contributed by atoms with E-state index in [2.05, 4.69) is 0 Å². The molecule has 172 valence electrons. The van der Waals surface area contributed by atoms with Gasteiger partial charge in [-0.05, 0) is 54.8 Å². The topological polar surface area (TPSA) is 76.2 Å². The highest BCUT2D eigenvalue weighted by molar-refractivity contribution is 7.91. The number of methoxy groups -OCH3 is 2. The van der Waals surface area contributed by atoms with Crippen LogP contribution in [0.4, 0.5) is 5.69 Å². The Morgan fingerprint density at radius 2 is 1.81 bits per heavy atom. The monoisotopic (exact) mass is 478 g/mol. The van der Waals surface area contributed by atoms with Crippen LogP contribution in [0.15, 0.2) is 36.4 Å². The molecule has 2 aliphatic rings. The third kappa shape index (κ3) is 4.44. The van der Waals surface area contributed by atoms with Crippen LogP contribution in [0.3, 0.4) is 0 Å². The lowest BCUT2D eigenvalue weighted by molar-refractivity contribution is -0.123. The number of ether oxygens (including phenoxy) is 2. The third-order valence-electron chi connectivity index (χ3n) is 6.29. The van der Waals surface area contributed by atoms with E-state index in [0.29, 0.717) is 23.7 Å². The maximum Gasteiger partial charge on any atom is 0.241 e. The van der Waals surface area contributed by atoms with Crippen molar-refractivity contribution >= 4 is 33.0 Å². The maximum atomic E-state index is 13.2. The van der Waals surface area contributed by atoms with Gasteiger partial charge in [0.2, 0.25) is 5.91 Å². The number of carbonyl (C=O) groups excluding carboxylic acids is 1. The fraction of sp³-hybridized carbons (Fsp3) is 0.435. The van der Waals surface area contributed by atoms with Crippen LogP contribution in [0.5, 0.6) is 11.5 Å². The second kappa shape index (κ2) is 8.92. The van der Waals surface area contributed by atoms with Gasteiger partial charge in [0.1, 0.15) is 11.5 Å². The zero-order valence-corrected chi connectivity index (χ0v) is 19.9. The van der Waals surface area contributed by atoms with Crippen molar-refractivity contribution in [1.29, 1.82) is 0 Å². The zero-order valence-electron chi connectivity index (χ0n) is 18.4. The van der Waals surface area contributed by atoms with Gasteiger partial charge in [-0.15, -0.1) is 0 Å². The van der Waals surface area contributed by atoms with E-state index in [0.717, 1.165) is 22.6 Å². The Morgan fingerprint density at radius 3 is 2.50 bits per heavy atom. The fourth-order valence-corrected chi connectivity index (χ4v) is 6.77. The lowest BCUT2D eigenvalue weighted by Gasteiger charge is -2.43. The predicted molar refractivity (Wildman–Crippen MR) is 125 cm³/mol. The van der Waals surface area contributed by atoms with E-state index in [1.54, 1.807) is 25.2 Å². The van der Waals surface area contributed by atoms with Crippen LogP contribution in [0.25, 0.3) is 0 Å². The first-order valence-electron chi connectivity index (χ1n) is 10.5. The Morgan fingerprint density at radius 1 is 1.06 bits per heavy atom. The van der Waals surface area contributed by atoms with Crippen LogP contribution in [0.1, 0.15) is 11.1 Å². The van der Waals surface area contributed by atoms with Crippen molar-refractivity contribution in [3.8, 4) is 11.5 Å². The second-order valence-corrected chi connectivity index (χ2v) is 10.9. The molecular weight excluding hydrogens is 452 g/mol. The Bertz CT molecular complexity index is 1140. The number of carbonyl (C=O) groups is 1. The number of sulfone groups is 1. The molecule has 2 atom stereocenters. The molecular formula is C23H27ClN2O5S. The van der Waals surface area contributed by atoms with Gasteiger partial charge < -0.3 is 14.4 Å². The summed E-state index contributed by atoms with van der Waals surface area (Å²) in [6, 6.07) is 10.3. The quantitative estimate of drug-likeness (QED) is 0.635. The average Bonchev–Trinajstić information content (AvgIpc) is 3.08. The molecule has 2 aromatic carbocycles. The van der Waals surface area contributed by atoms with Gasteiger partial charge in [0, 0.05) is 23.3 Å². The molecule has 0 aliphatic carbocycles. The molecule has 0 aromatic heterocycles. The van der Waals surface area contributed by atoms with Gasteiger partial charge in [-0.25, -0.2) is 8.42 Å². The van der Waals surface area contributed by atoms with Gasteiger partial charge in [-0.2, -0.15) is 0 Å². The summed E-state index contributed by atoms with van der Waals surface area (Å²) in [4.78, 5) is 16.8. The standard InChI is InChI=1S/C23H27ClN2O5S/c1-15-4-5-17(11-19(15)24)26-21-14-32(28,29)13-20(21)25(12-23(26)27)9-8-16-10-18(30-2)6-7-22(16)31-3/h4-7,10-11,20-21H,8-9,12-14H2,1-3H3/t20-,21+/m0/s1. The Kier molecular flexibility index (Phi) is 6.38. The van der Waals surface area contributed by atoms with Gasteiger partial charge in [-0.1, -0.05) is 17.7 Å². The van der Waals surface area contributed by atoms with Crippen molar-refractivity contribution in [2.75, 3.05) is 43.7 Å². The summed E-state index contributed by atoms with van der Waals surface area (Å²) >= 11 is 6.29. The van der Waals surface area contributed by atoms with Crippen LogP contribution < -0.4 is 14.4 Å². The Labute approximate surface area is 193 Å². The van der Waals surface area contributed by atoms with Crippen molar-refractivity contribution in [2.45, 2.75) is 25.4 Å². The van der Waals surface area contributed by atoms with E-state index in [1.165, 1.54) is 0 Å². The number of amides is 1. The lowest BCUT2D eigenvalue weighted by atomic mass is 10.0. The van der Waals surface area contributed by atoms with E-state index in [9.17, 15) is 13.2 Å². The number of rotatable bonds is 6. The summed E-state index contributed by atoms with van der Waals surface area (Å²) in [5.74, 6) is 1.32. The number of aryl methyl sites for hydroxylation is 1. The van der Waals surface area contributed by atoms with E-state index in [-0.39, 0.29) is 30.0 Å². The minimum Gasteiger partial charge on any atom is -0.497 e. The highest BCUT2D eigenvalue weighted by Crippen LogP contribution is 2.34. The number of hydrogen-bond acceptors (Lipinski definition) is 6. The highest BCUT2D eigenvalue weighted by Gasteiger charge is 2.49. The van der Waals surface area contributed by atoms with E-state index >= 15 is 0 Å². The third-order valence-corrected chi connectivity index (χ3v) is 8.40. The molecule has 2 aliphatic heterocycles. The van der Waals surface area contributed by atoms with Gasteiger partial charge in [0.25, 0.3) is 0 Å². The summed E-state index contributed by atoms with van der Waals surface area (Å²) in [7, 11) is -0.0471. The van der Waals surface area contributed by atoms with E-state index in [1.807, 2.05) is 42.2 Å². The van der Waals surface area contributed by atoms with Crippen LogP contribution >= 0.6 is 11.6 Å². The summed E-state index contributed by atoms with van der Waals surface area (Å²) in [5.41, 5.74) is 2.50. The first-order valence-corrected chi connectivity index (χ1v) is 12.7. The molecule has 2 heterocycles. The number of fused-ring (bicyclic) bond motifs is 1. The second-order valence-electron chi connectivity index (χ2n) is 8.31. The van der Waals surface area contributed by atoms with Crippen LogP contribution in [0.2, 0.25) is 5.02 Å². The first-order chi connectivity index (χ1) is 15.2. The molecule has 2 aromatic rings. The van der Waals surface area contributed by atoms with Crippen molar-refractivity contribution in [2.24, 2.45) is 0 Å². The van der Waals surface area contributed by atoms with Crippen LogP contribution in [-0.2, 0) is 21.1 Å². The molecule has 0 saturated carbocycles. The first kappa shape index (κ1) is 22.9. The smallest absolute Gasteiger partial charge is 0.241 e. The number of benzene rings is 2. The summed E-state index contributed by atoms with van der Waals surface area (Å²) in [5, 5.41) is 0.556. The summed E-state index contributed by atoms with van der Waals surface area (Å²) in [6.45, 7) is 2.57. The number of anilines is 1. The Hall–Kier alpha value is -2.29. The zero-order chi connectivity index (χ0) is 23.0. The minimum atomic E-state index is -3.26. The average molecular weight is 479 g/mol. The number of hydrogen-bond donors (Lipinski definition) is 0. The fourth-order valence-electron chi connectivity index (χ4n) is 4.61. The van der Waals surface area contributed by atoms with Gasteiger partial charge in [0.05, 0.1) is 38.3 Å². The molecule has 2 saturated heterocycles. The highest BCUT2D eigenvalue weighted by atomic mass is 35.5. The SMILES string of the molecule is COc1ccc(OC)c(CCN2CC(=O)N(c3ccc(C)c(Cl)c3)[C@@H]3CS(=O)(=O)C[C@@H]32)c1. The molecule has 0 bridgehead atoms. The van der Waals surface area contributed by atoms with Crippen molar-refractivity contribution in [1.82, 2.24) is 4.90 Å². The molecule has 0 N–H and O–H groups in total.